The molecule has 0 N–H and O–H groups in total. The summed E-state index contributed by atoms with van der Waals surface area (Å²) in [5.41, 5.74) is 5.11. The normalized spacial score (nSPS) is 16.9. The van der Waals surface area contributed by atoms with Gasteiger partial charge in [-0.1, -0.05) is 90.5 Å². The number of amides is 1. The zero-order valence-corrected chi connectivity index (χ0v) is 24.0. The SMILES string of the molecule is Cc1ccc(Cc2nsc(N3CCC(C(=O)N4CCN(C(c5ccccc5)c5ccccc5)CC4)CC3)n2)cc1. The Hall–Kier alpha value is -3.55. The Morgan fingerprint density at radius 3 is 2.02 bits per heavy atom. The number of piperidine rings is 1. The average molecular weight is 552 g/mol. The van der Waals surface area contributed by atoms with E-state index >= 15 is 0 Å². The van der Waals surface area contributed by atoms with Crippen LogP contribution in [0.25, 0.3) is 0 Å². The van der Waals surface area contributed by atoms with Gasteiger partial charge in [0.15, 0.2) is 0 Å². The first-order chi connectivity index (χ1) is 19.6. The van der Waals surface area contributed by atoms with Crippen LogP contribution in [0.5, 0.6) is 0 Å². The van der Waals surface area contributed by atoms with Crippen molar-refractivity contribution < 1.29 is 4.79 Å². The fourth-order valence-electron chi connectivity index (χ4n) is 5.99. The van der Waals surface area contributed by atoms with Crippen molar-refractivity contribution >= 4 is 22.6 Å². The molecule has 0 radical (unpaired) electrons. The number of nitrogens with zero attached hydrogens (tertiary/aromatic N) is 5. The van der Waals surface area contributed by atoms with Gasteiger partial charge in [0, 0.05) is 63.1 Å². The Kier molecular flexibility index (Phi) is 8.21. The summed E-state index contributed by atoms with van der Waals surface area (Å²) in [6.07, 6.45) is 2.51. The Balaban J connectivity index is 1.02. The summed E-state index contributed by atoms with van der Waals surface area (Å²) in [7, 11) is 0. The molecule has 0 unspecified atom stereocenters. The smallest absolute Gasteiger partial charge is 0.225 e. The summed E-state index contributed by atoms with van der Waals surface area (Å²) in [5, 5.41) is 0.981. The highest BCUT2D eigenvalue weighted by atomic mass is 32.1. The lowest BCUT2D eigenvalue weighted by atomic mass is 9.94. The molecule has 6 rings (SSSR count). The Morgan fingerprint density at radius 1 is 0.825 bits per heavy atom. The molecule has 2 fully saturated rings. The van der Waals surface area contributed by atoms with Crippen molar-refractivity contribution in [2.24, 2.45) is 5.92 Å². The molecule has 6 nitrogen and oxygen atoms in total. The van der Waals surface area contributed by atoms with E-state index in [1.54, 1.807) is 0 Å². The molecule has 2 aliphatic heterocycles. The maximum atomic E-state index is 13.5. The van der Waals surface area contributed by atoms with Crippen molar-refractivity contribution in [2.75, 3.05) is 44.2 Å². The molecular weight excluding hydrogens is 514 g/mol. The van der Waals surface area contributed by atoms with Crippen LogP contribution >= 0.6 is 11.5 Å². The topological polar surface area (TPSA) is 52.6 Å². The highest BCUT2D eigenvalue weighted by molar-refractivity contribution is 7.09. The molecular formula is C33H37N5OS. The van der Waals surface area contributed by atoms with E-state index in [9.17, 15) is 4.79 Å². The van der Waals surface area contributed by atoms with Gasteiger partial charge in [-0.15, -0.1) is 0 Å². The number of piperazine rings is 1. The first-order valence-electron chi connectivity index (χ1n) is 14.4. The molecule has 1 amide bonds. The van der Waals surface area contributed by atoms with Crippen LogP contribution < -0.4 is 4.90 Å². The number of aromatic nitrogens is 2. The predicted octanol–water partition coefficient (Wildman–Crippen LogP) is 5.59. The van der Waals surface area contributed by atoms with Gasteiger partial charge in [-0.25, -0.2) is 4.98 Å². The molecule has 4 aromatic rings. The first-order valence-corrected chi connectivity index (χ1v) is 15.2. The quantitative estimate of drug-likeness (QED) is 0.300. The summed E-state index contributed by atoms with van der Waals surface area (Å²) < 4.78 is 4.61. The molecule has 0 bridgehead atoms. The van der Waals surface area contributed by atoms with Gasteiger partial charge in [-0.05, 0) is 36.5 Å². The summed E-state index contributed by atoms with van der Waals surface area (Å²) in [6.45, 7) is 7.16. The molecule has 7 heteroatoms. The summed E-state index contributed by atoms with van der Waals surface area (Å²) in [4.78, 5) is 25.3. The average Bonchev–Trinajstić information content (AvgIpc) is 3.48. The molecule has 0 atom stereocenters. The lowest BCUT2D eigenvalue weighted by Gasteiger charge is -2.41. The van der Waals surface area contributed by atoms with Crippen LogP contribution in [0.2, 0.25) is 0 Å². The van der Waals surface area contributed by atoms with Gasteiger partial charge in [-0.3, -0.25) is 9.69 Å². The number of carbonyl (C=O) groups is 1. The van der Waals surface area contributed by atoms with Gasteiger partial charge in [0.2, 0.25) is 11.0 Å². The van der Waals surface area contributed by atoms with Crippen LogP contribution in [0.15, 0.2) is 84.9 Å². The van der Waals surface area contributed by atoms with E-state index in [1.165, 1.54) is 33.8 Å². The van der Waals surface area contributed by atoms with Crippen molar-refractivity contribution in [3.05, 3.63) is 113 Å². The zero-order chi connectivity index (χ0) is 27.3. The van der Waals surface area contributed by atoms with Crippen LogP contribution in [0, 0.1) is 12.8 Å². The fourth-order valence-corrected chi connectivity index (χ4v) is 6.73. The number of anilines is 1. The maximum Gasteiger partial charge on any atom is 0.225 e. The predicted molar refractivity (Wildman–Crippen MR) is 162 cm³/mol. The van der Waals surface area contributed by atoms with Crippen molar-refractivity contribution in [1.82, 2.24) is 19.2 Å². The van der Waals surface area contributed by atoms with Crippen molar-refractivity contribution in [1.29, 1.82) is 0 Å². The minimum atomic E-state index is 0.0989. The molecule has 0 spiro atoms. The van der Waals surface area contributed by atoms with Crippen molar-refractivity contribution in [3.63, 3.8) is 0 Å². The molecule has 40 heavy (non-hydrogen) atoms. The standard InChI is InChI=1S/C33H37N5OS/c1-25-12-14-26(15-13-25)24-30-34-33(40-35-30)38-18-16-29(17-19-38)32(39)37-22-20-36(21-23-37)31(27-8-4-2-5-9-27)28-10-6-3-7-11-28/h2-15,29,31H,16-24H2,1H3. The van der Waals surface area contributed by atoms with Gasteiger partial charge in [0.1, 0.15) is 5.82 Å². The van der Waals surface area contributed by atoms with E-state index in [0.717, 1.165) is 69.5 Å². The first kappa shape index (κ1) is 26.7. The second kappa shape index (κ2) is 12.3. The Bertz CT molecular complexity index is 1340. The summed E-state index contributed by atoms with van der Waals surface area (Å²) in [6, 6.07) is 30.2. The van der Waals surface area contributed by atoms with Crippen molar-refractivity contribution in [2.45, 2.75) is 32.2 Å². The third kappa shape index (κ3) is 6.11. The van der Waals surface area contributed by atoms with E-state index in [-0.39, 0.29) is 12.0 Å². The van der Waals surface area contributed by atoms with Gasteiger partial charge in [0.05, 0.1) is 6.04 Å². The number of carbonyl (C=O) groups excluding carboxylic acids is 1. The molecule has 3 heterocycles. The number of aryl methyl sites for hydroxylation is 1. The number of hydrogen-bond donors (Lipinski definition) is 0. The van der Waals surface area contributed by atoms with E-state index in [0.29, 0.717) is 5.91 Å². The van der Waals surface area contributed by atoms with Crippen LogP contribution in [0.1, 0.15) is 47.0 Å². The monoisotopic (exact) mass is 551 g/mol. The molecule has 2 saturated heterocycles. The van der Waals surface area contributed by atoms with E-state index < -0.39 is 0 Å². The minimum Gasteiger partial charge on any atom is -0.347 e. The molecule has 3 aromatic carbocycles. The van der Waals surface area contributed by atoms with Crippen LogP contribution in [0.4, 0.5) is 5.13 Å². The van der Waals surface area contributed by atoms with Crippen LogP contribution in [0.3, 0.4) is 0 Å². The third-order valence-corrected chi connectivity index (χ3v) is 9.09. The van der Waals surface area contributed by atoms with Gasteiger partial charge < -0.3 is 9.80 Å². The van der Waals surface area contributed by atoms with E-state index in [1.807, 2.05) is 0 Å². The lowest BCUT2D eigenvalue weighted by Crippen LogP contribution is -2.52. The molecule has 0 saturated carbocycles. The largest absolute Gasteiger partial charge is 0.347 e. The molecule has 2 aliphatic rings. The zero-order valence-electron chi connectivity index (χ0n) is 23.2. The van der Waals surface area contributed by atoms with E-state index in [2.05, 4.69) is 111 Å². The number of rotatable bonds is 7. The summed E-state index contributed by atoms with van der Waals surface area (Å²) in [5.74, 6) is 1.30. The second-order valence-corrected chi connectivity index (χ2v) is 11.7. The van der Waals surface area contributed by atoms with Crippen molar-refractivity contribution in [3.8, 4) is 0 Å². The Labute approximate surface area is 241 Å². The maximum absolute atomic E-state index is 13.5. The van der Waals surface area contributed by atoms with E-state index in [4.69, 9.17) is 4.98 Å². The third-order valence-electron chi connectivity index (χ3n) is 8.28. The number of hydrogen-bond acceptors (Lipinski definition) is 6. The molecule has 0 aliphatic carbocycles. The number of benzene rings is 3. The van der Waals surface area contributed by atoms with Crippen LogP contribution in [-0.4, -0.2) is 64.3 Å². The Morgan fingerprint density at radius 2 is 1.43 bits per heavy atom. The highest BCUT2D eigenvalue weighted by Gasteiger charge is 2.33. The fraction of sp³-hybridized carbons (Fsp3) is 0.364. The molecule has 206 valence electrons. The van der Waals surface area contributed by atoms with Gasteiger partial charge in [0.25, 0.3) is 0 Å². The lowest BCUT2D eigenvalue weighted by molar-refractivity contribution is -0.138. The summed E-state index contributed by atoms with van der Waals surface area (Å²) >= 11 is 1.48. The highest BCUT2D eigenvalue weighted by Crippen LogP contribution is 2.31. The van der Waals surface area contributed by atoms with Gasteiger partial charge >= 0.3 is 0 Å². The second-order valence-electron chi connectivity index (χ2n) is 11.0. The van der Waals surface area contributed by atoms with Crippen LogP contribution in [-0.2, 0) is 11.2 Å². The molecule has 1 aromatic heterocycles. The minimum absolute atomic E-state index is 0.0989. The van der Waals surface area contributed by atoms with Gasteiger partial charge in [-0.2, -0.15) is 4.37 Å².